The zero-order valence-corrected chi connectivity index (χ0v) is 5.59. The van der Waals surface area contributed by atoms with Crippen molar-refractivity contribution in [1.29, 1.82) is 5.26 Å². The third kappa shape index (κ3) is 0.939. The Morgan fingerprint density at radius 1 is 1.50 bits per heavy atom. The van der Waals surface area contributed by atoms with E-state index in [4.69, 9.17) is 5.26 Å². The van der Waals surface area contributed by atoms with E-state index in [-0.39, 0.29) is 11.3 Å². The van der Waals surface area contributed by atoms with E-state index in [0.29, 0.717) is 0 Å². The van der Waals surface area contributed by atoms with Crippen molar-refractivity contribution in [2.24, 2.45) is 0 Å². The molecule has 0 aliphatic rings. The van der Waals surface area contributed by atoms with E-state index in [1.807, 2.05) is 6.07 Å². The topological polar surface area (TPSA) is 43.7 Å². The lowest BCUT2D eigenvalue weighted by Crippen LogP contribution is -1.79. The number of hydrogen-bond acceptors (Lipinski definition) is 1. The van der Waals surface area contributed by atoms with Crippen molar-refractivity contribution in [3.8, 4) is 11.8 Å². The number of hydrogen-bond donors (Lipinski definition) is 0. The molecule has 1 rings (SSSR count). The van der Waals surface area contributed by atoms with Gasteiger partial charge in [-0.15, -0.1) is 0 Å². The SMILES string of the molecule is Cc1cccc([O])c1C#N. The fraction of sp³-hybridized carbons (Fsp3) is 0.125. The van der Waals surface area contributed by atoms with Crippen molar-refractivity contribution >= 4 is 0 Å². The van der Waals surface area contributed by atoms with Crippen LogP contribution >= 0.6 is 0 Å². The molecule has 2 heteroatoms. The summed E-state index contributed by atoms with van der Waals surface area (Å²) in [4.78, 5) is 0. The Morgan fingerprint density at radius 2 is 2.20 bits per heavy atom. The second kappa shape index (κ2) is 2.40. The lowest BCUT2D eigenvalue weighted by Gasteiger charge is -1.94. The molecule has 0 saturated carbocycles. The zero-order valence-electron chi connectivity index (χ0n) is 5.59. The maximum Gasteiger partial charge on any atom is 0.196 e. The van der Waals surface area contributed by atoms with Crippen LogP contribution < -0.4 is 0 Å². The Labute approximate surface area is 59.3 Å². The van der Waals surface area contributed by atoms with Gasteiger partial charge >= 0.3 is 0 Å². The lowest BCUT2D eigenvalue weighted by molar-refractivity contribution is 0.353. The number of nitriles is 1. The molecule has 1 aromatic carbocycles. The first kappa shape index (κ1) is 6.63. The van der Waals surface area contributed by atoms with Crippen molar-refractivity contribution in [3.63, 3.8) is 0 Å². The average Bonchev–Trinajstić information content (AvgIpc) is 1.88. The number of nitrogens with zero attached hydrogens (tertiary/aromatic N) is 1. The molecule has 0 fully saturated rings. The molecule has 1 aromatic rings. The minimum Gasteiger partial charge on any atom is -0.288 e. The van der Waals surface area contributed by atoms with Crippen molar-refractivity contribution in [3.05, 3.63) is 29.3 Å². The maximum atomic E-state index is 10.8. The minimum atomic E-state index is -0.192. The molecule has 0 bridgehead atoms. The number of aryl methyl sites for hydroxylation is 1. The van der Waals surface area contributed by atoms with Crippen LogP contribution in [0, 0.1) is 18.3 Å². The van der Waals surface area contributed by atoms with Crippen LogP contribution in [-0.4, -0.2) is 0 Å². The molecule has 0 atom stereocenters. The van der Waals surface area contributed by atoms with Gasteiger partial charge < -0.3 is 0 Å². The Morgan fingerprint density at radius 3 is 2.60 bits per heavy atom. The van der Waals surface area contributed by atoms with E-state index >= 15 is 0 Å². The highest BCUT2D eigenvalue weighted by Gasteiger charge is 2.02. The van der Waals surface area contributed by atoms with Gasteiger partial charge in [0.05, 0.1) is 0 Å². The summed E-state index contributed by atoms with van der Waals surface area (Å²) in [7, 11) is 0. The van der Waals surface area contributed by atoms with E-state index in [1.165, 1.54) is 6.07 Å². The summed E-state index contributed by atoms with van der Waals surface area (Å²) >= 11 is 0. The highest BCUT2D eigenvalue weighted by Crippen LogP contribution is 2.18. The van der Waals surface area contributed by atoms with Gasteiger partial charge in [0, 0.05) is 0 Å². The third-order valence-electron chi connectivity index (χ3n) is 1.35. The third-order valence-corrected chi connectivity index (χ3v) is 1.35. The molecule has 0 saturated heterocycles. The van der Waals surface area contributed by atoms with Crippen LogP contribution in [0.5, 0.6) is 5.75 Å². The number of rotatable bonds is 0. The number of benzene rings is 1. The Balaban J connectivity index is 3.34. The lowest BCUT2D eigenvalue weighted by atomic mass is 10.1. The Hall–Kier alpha value is -1.49. The quantitative estimate of drug-likeness (QED) is 0.532. The van der Waals surface area contributed by atoms with Crippen molar-refractivity contribution < 1.29 is 5.11 Å². The molecule has 0 spiro atoms. The highest BCUT2D eigenvalue weighted by atomic mass is 16.3. The van der Waals surface area contributed by atoms with Crippen molar-refractivity contribution in [2.45, 2.75) is 6.92 Å². The Kier molecular flexibility index (Phi) is 1.59. The standard InChI is InChI=1S/C8H6NO/c1-6-3-2-4-8(10)7(6)5-9/h2-4H,1H3. The van der Waals surface area contributed by atoms with Crippen LogP contribution in [0.25, 0.3) is 0 Å². The molecule has 49 valence electrons. The average molecular weight is 132 g/mol. The van der Waals surface area contributed by atoms with Crippen LogP contribution in [0.1, 0.15) is 11.1 Å². The summed E-state index contributed by atoms with van der Waals surface area (Å²) in [5.41, 5.74) is 0.998. The smallest absolute Gasteiger partial charge is 0.196 e. The molecule has 0 heterocycles. The van der Waals surface area contributed by atoms with E-state index < -0.39 is 0 Å². The normalized spacial score (nSPS) is 8.80. The molecule has 0 N–H and O–H groups in total. The van der Waals surface area contributed by atoms with Gasteiger partial charge in [0.25, 0.3) is 0 Å². The first-order valence-electron chi connectivity index (χ1n) is 2.92. The van der Waals surface area contributed by atoms with E-state index in [2.05, 4.69) is 0 Å². The van der Waals surface area contributed by atoms with E-state index in [9.17, 15) is 5.11 Å². The first-order valence-corrected chi connectivity index (χ1v) is 2.92. The molecule has 0 aliphatic heterocycles. The molecule has 0 aliphatic carbocycles. The monoisotopic (exact) mass is 132 g/mol. The first-order chi connectivity index (χ1) is 4.75. The minimum absolute atomic E-state index is 0.192. The van der Waals surface area contributed by atoms with Crippen LogP contribution in [-0.2, 0) is 5.11 Å². The molecule has 2 nitrogen and oxygen atoms in total. The largest absolute Gasteiger partial charge is 0.288 e. The fourth-order valence-corrected chi connectivity index (χ4v) is 0.784. The van der Waals surface area contributed by atoms with Gasteiger partial charge in [-0.25, -0.2) is 0 Å². The van der Waals surface area contributed by atoms with E-state index in [0.717, 1.165) is 5.56 Å². The van der Waals surface area contributed by atoms with Crippen LogP contribution in [0.2, 0.25) is 0 Å². The van der Waals surface area contributed by atoms with Crippen LogP contribution in [0.4, 0.5) is 0 Å². The molecule has 0 unspecified atom stereocenters. The highest BCUT2D eigenvalue weighted by molar-refractivity contribution is 5.46. The van der Waals surface area contributed by atoms with E-state index in [1.54, 1.807) is 19.1 Å². The van der Waals surface area contributed by atoms with Gasteiger partial charge in [-0.3, -0.25) is 5.11 Å². The molecule has 10 heavy (non-hydrogen) atoms. The van der Waals surface area contributed by atoms with Gasteiger partial charge in [0.15, 0.2) is 5.75 Å². The summed E-state index contributed by atoms with van der Waals surface area (Å²) in [6.07, 6.45) is 0. The summed E-state index contributed by atoms with van der Waals surface area (Å²) in [6, 6.07) is 6.65. The maximum absolute atomic E-state index is 10.8. The molecular formula is C8H6NO. The second-order valence-corrected chi connectivity index (χ2v) is 2.06. The summed E-state index contributed by atoms with van der Waals surface area (Å²) in [6.45, 7) is 1.75. The predicted octanol–water partition coefficient (Wildman–Crippen LogP) is 2.01. The molecule has 1 radical (unpaired) electrons. The Bertz CT molecular complexity index is 266. The summed E-state index contributed by atoms with van der Waals surface area (Å²) in [5.74, 6) is -0.192. The summed E-state index contributed by atoms with van der Waals surface area (Å²) in [5, 5.41) is 19.3. The van der Waals surface area contributed by atoms with Gasteiger partial charge in [-0.1, -0.05) is 12.1 Å². The van der Waals surface area contributed by atoms with Crippen LogP contribution in [0.3, 0.4) is 0 Å². The van der Waals surface area contributed by atoms with Crippen molar-refractivity contribution in [2.75, 3.05) is 0 Å². The summed E-state index contributed by atoms with van der Waals surface area (Å²) < 4.78 is 0. The molecular weight excluding hydrogens is 126 g/mol. The van der Waals surface area contributed by atoms with Crippen molar-refractivity contribution in [1.82, 2.24) is 0 Å². The predicted molar refractivity (Wildman–Crippen MR) is 36.0 cm³/mol. The van der Waals surface area contributed by atoms with Gasteiger partial charge in [-0.05, 0) is 18.6 Å². The van der Waals surface area contributed by atoms with Crippen LogP contribution in [0.15, 0.2) is 18.2 Å². The molecule has 0 aromatic heterocycles. The molecule has 0 amide bonds. The fourth-order valence-electron chi connectivity index (χ4n) is 0.784. The van der Waals surface area contributed by atoms with Gasteiger partial charge in [0.2, 0.25) is 0 Å². The van der Waals surface area contributed by atoms with Gasteiger partial charge in [0.1, 0.15) is 11.6 Å². The second-order valence-electron chi connectivity index (χ2n) is 2.06. The zero-order chi connectivity index (χ0) is 7.56. The van der Waals surface area contributed by atoms with Gasteiger partial charge in [-0.2, -0.15) is 5.26 Å².